The second-order valence-corrected chi connectivity index (χ2v) is 8.03. The van der Waals surface area contributed by atoms with Crippen LogP contribution in [0.15, 0.2) is 45.8 Å². The number of rotatable bonds is 6. The molecule has 1 aromatic heterocycles. The number of nitrogens with one attached hydrogen (secondary N) is 1. The highest BCUT2D eigenvalue weighted by Gasteiger charge is 2.18. The first-order valence-corrected chi connectivity index (χ1v) is 10.3. The standard InChI is InChI=1S/C19H17N3O4S2/c1-24-14-8-12(9-15-18(14)26-7-6-25-15)10-20-22-17(23)11-27-19-21-13-4-2-3-5-16(13)28-19/h2-5,8-10H,6-7,11H2,1H3,(H,22,23)/b20-10-. The Morgan fingerprint density at radius 3 is 3.07 bits per heavy atom. The van der Waals surface area contributed by atoms with E-state index in [4.69, 9.17) is 14.2 Å². The van der Waals surface area contributed by atoms with E-state index in [1.54, 1.807) is 36.8 Å². The van der Waals surface area contributed by atoms with E-state index in [0.29, 0.717) is 30.5 Å². The van der Waals surface area contributed by atoms with Crippen LogP contribution in [-0.2, 0) is 4.79 Å². The molecule has 144 valence electrons. The average molecular weight is 415 g/mol. The minimum atomic E-state index is -0.204. The number of thiazole rings is 1. The lowest BCUT2D eigenvalue weighted by atomic mass is 10.2. The Bertz CT molecular complexity index is 985. The monoisotopic (exact) mass is 415 g/mol. The molecule has 0 fully saturated rings. The van der Waals surface area contributed by atoms with Gasteiger partial charge in [-0.15, -0.1) is 11.3 Å². The molecule has 0 unspecified atom stereocenters. The molecule has 0 saturated heterocycles. The van der Waals surface area contributed by atoms with Gasteiger partial charge in [-0.2, -0.15) is 5.10 Å². The smallest absolute Gasteiger partial charge is 0.250 e. The van der Waals surface area contributed by atoms with Gasteiger partial charge in [-0.3, -0.25) is 4.79 Å². The molecule has 9 heteroatoms. The summed E-state index contributed by atoms with van der Waals surface area (Å²) in [6.07, 6.45) is 1.54. The Hall–Kier alpha value is -2.78. The number of thioether (sulfide) groups is 1. The van der Waals surface area contributed by atoms with Crippen molar-refractivity contribution in [2.24, 2.45) is 5.10 Å². The van der Waals surface area contributed by atoms with Crippen LogP contribution >= 0.6 is 23.1 Å². The topological polar surface area (TPSA) is 82.0 Å². The van der Waals surface area contributed by atoms with E-state index >= 15 is 0 Å². The Kier molecular flexibility index (Phi) is 5.63. The zero-order valence-electron chi connectivity index (χ0n) is 15.0. The van der Waals surface area contributed by atoms with Gasteiger partial charge in [0.2, 0.25) is 5.75 Å². The number of benzene rings is 2. The Morgan fingerprint density at radius 2 is 2.21 bits per heavy atom. The van der Waals surface area contributed by atoms with Crippen molar-refractivity contribution in [3.63, 3.8) is 0 Å². The minimum Gasteiger partial charge on any atom is -0.493 e. The molecule has 3 aromatic rings. The molecule has 0 spiro atoms. The number of hydrogen-bond donors (Lipinski definition) is 1. The fraction of sp³-hybridized carbons (Fsp3) is 0.211. The normalized spacial score (nSPS) is 13.0. The lowest BCUT2D eigenvalue weighted by molar-refractivity contribution is -0.118. The zero-order chi connectivity index (χ0) is 19.3. The van der Waals surface area contributed by atoms with Crippen molar-refractivity contribution >= 4 is 45.4 Å². The highest BCUT2D eigenvalue weighted by molar-refractivity contribution is 8.01. The molecule has 0 atom stereocenters. The Morgan fingerprint density at radius 1 is 1.36 bits per heavy atom. The van der Waals surface area contributed by atoms with Crippen LogP contribution in [0, 0.1) is 0 Å². The van der Waals surface area contributed by atoms with Gasteiger partial charge < -0.3 is 14.2 Å². The van der Waals surface area contributed by atoms with E-state index in [9.17, 15) is 4.79 Å². The lowest BCUT2D eigenvalue weighted by Crippen LogP contribution is -2.19. The molecule has 2 heterocycles. The number of amides is 1. The molecule has 28 heavy (non-hydrogen) atoms. The van der Waals surface area contributed by atoms with Gasteiger partial charge in [-0.05, 0) is 24.3 Å². The summed E-state index contributed by atoms with van der Waals surface area (Å²) in [5, 5.41) is 4.01. The van der Waals surface area contributed by atoms with Crippen LogP contribution in [0.2, 0.25) is 0 Å². The number of aromatic nitrogens is 1. The van der Waals surface area contributed by atoms with Crippen LogP contribution in [0.5, 0.6) is 17.2 Å². The van der Waals surface area contributed by atoms with Gasteiger partial charge >= 0.3 is 0 Å². The molecule has 7 nitrogen and oxygen atoms in total. The number of fused-ring (bicyclic) bond motifs is 2. The van der Waals surface area contributed by atoms with E-state index in [1.807, 2.05) is 24.3 Å². The van der Waals surface area contributed by atoms with E-state index in [1.165, 1.54) is 11.8 Å². The van der Waals surface area contributed by atoms with Gasteiger partial charge in [-0.1, -0.05) is 23.9 Å². The first-order chi connectivity index (χ1) is 13.7. The number of ether oxygens (including phenoxy) is 3. The SMILES string of the molecule is COc1cc(/C=N\NC(=O)CSc2nc3ccccc3s2)cc2c1OCCO2. The van der Waals surface area contributed by atoms with Crippen molar-refractivity contribution in [1.29, 1.82) is 0 Å². The van der Waals surface area contributed by atoms with Crippen LogP contribution in [0.1, 0.15) is 5.56 Å². The highest BCUT2D eigenvalue weighted by atomic mass is 32.2. The molecular weight excluding hydrogens is 398 g/mol. The van der Waals surface area contributed by atoms with Gasteiger partial charge in [0.25, 0.3) is 5.91 Å². The molecule has 4 rings (SSSR count). The second kappa shape index (κ2) is 8.49. The Labute approximate surface area is 169 Å². The molecule has 0 bridgehead atoms. The van der Waals surface area contributed by atoms with Gasteiger partial charge in [0, 0.05) is 5.56 Å². The summed E-state index contributed by atoms with van der Waals surface area (Å²) in [6.45, 7) is 0.968. The zero-order valence-corrected chi connectivity index (χ0v) is 16.6. The third-order valence-electron chi connectivity index (χ3n) is 3.85. The molecule has 0 saturated carbocycles. The quantitative estimate of drug-likeness (QED) is 0.378. The summed E-state index contributed by atoms with van der Waals surface area (Å²) in [4.78, 5) is 16.5. The molecule has 0 radical (unpaired) electrons. The number of para-hydroxylation sites is 1. The van der Waals surface area contributed by atoms with Gasteiger partial charge in [0.15, 0.2) is 15.8 Å². The third-order valence-corrected chi connectivity index (χ3v) is 6.03. The molecule has 0 aliphatic carbocycles. The van der Waals surface area contributed by atoms with E-state index in [2.05, 4.69) is 15.5 Å². The summed E-state index contributed by atoms with van der Waals surface area (Å²) in [6, 6.07) is 11.5. The summed E-state index contributed by atoms with van der Waals surface area (Å²) < 4.78 is 18.4. The van der Waals surface area contributed by atoms with Crippen molar-refractivity contribution in [3.05, 3.63) is 42.0 Å². The van der Waals surface area contributed by atoms with Crippen LogP contribution in [0.3, 0.4) is 0 Å². The number of methoxy groups -OCH3 is 1. The highest BCUT2D eigenvalue weighted by Crippen LogP contribution is 2.40. The van der Waals surface area contributed by atoms with Crippen molar-refractivity contribution in [2.45, 2.75) is 4.34 Å². The van der Waals surface area contributed by atoms with E-state index in [-0.39, 0.29) is 11.7 Å². The maximum Gasteiger partial charge on any atom is 0.250 e. The van der Waals surface area contributed by atoms with E-state index in [0.717, 1.165) is 20.1 Å². The van der Waals surface area contributed by atoms with Gasteiger partial charge in [0.05, 0.1) is 29.3 Å². The fourth-order valence-corrected chi connectivity index (χ4v) is 4.48. The Balaban J connectivity index is 1.34. The summed E-state index contributed by atoms with van der Waals surface area (Å²) in [5.74, 6) is 1.79. The minimum absolute atomic E-state index is 0.204. The average Bonchev–Trinajstić information content (AvgIpc) is 3.14. The largest absolute Gasteiger partial charge is 0.493 e. The maximum absolute atomic E-state index is 12.0. The second-order valence-electron chi connectivity index (χ2n) is 5.78. The van der Waals surface area contributed by atoms with E-state index < -0.39 is 0 Å². The number of carbonyl (C=O) groups is 1. The molecule has 1 N–H and O–H groups in total. The summed E-state index contributed by atoms with van der Waals surface area (Å²) >= 11 is 2.96. The van der Waals surface area contributed by atoms with Gasteiger partial charge in [-0.25, -0.2) is 10.4 Å². The van der Waals surface area contributed by atoms with Crippen LogP contribution in [0.25, 0.3) is 10.2 Å². The fourth-order valence-electron chi connectivity index (χ4n) is 2.62. The molecular formula is C19H17N3O4S2. The lowest BCUT2D eigenvalue weighted by Gasteiger charge is -2.20. The molecule has 1 aliphatic rings. The van der Waals surface area contributed by atoms with Crippen LogP contribution < -0.4 is 19.6 Å². The third kappa shape index (κ3) is 4.20. The van der Waals surface area contributed by atoms with Crippen molar-refractivity contribution in [1.82, 2.24) is 10.4 Å². The predicted molar refractivity (Wildman–Crippen MR) is 110 cm³/mol. The first kappa shape index (κ1) is 18.6. The van der Waals surface area contributed by atoms with Gasteiger partial charge in [0.1, 0.15) is 13.2 Å². The van der Waals surface area contributed by atoms with Crippen LogP contribution in [0.4, 0.5) is 0 Å². The molecule has 1 amide bonds. The summed E-state index contributed by atoms with van der Waals surface area (Å²) in [7, 11) is 1.57. The molecule has 1 aliphatic heterocycles. The first-order valence-electron chi connectivity index (χ1n) is 8.51. The molecule has 2 aromatic carbocycles. The predicted octanol–water partition coefficient (Wildman–Crippen LogP) is 3.32. The summed E-state index contributed by atoms with van der Waals surface area (Å²) in [5.41, 5.74) is 4.21. The van der Waals surface area contributed by atoms with Crippen LogP contribution in [-0.4, -0.2) is 43.2 Å². The number of nitrogens with zero attached hydrogens (tertiary/aromatic N) is 2. The van der Waals surface area contributed by atoms with Crippen molar-refractivity contribution < 1.29 is 19.0 Å². The van der Waals surface area contributed by atoms with Crippen molar-refractivity contribution in [2.75, 3.05) is 26.1 Å². The maximum atomic E-state index is 12.0. The number of hydrogen-bond acceptors (Lipinski definition) is 8. The number of hydrazone groups is 1. The number of carbonyl (C=O) groups excluding carboxylic acids is 1. The van der Waals surface area contributed by atoms with Crippen molar-refractivity contribution in [3.8, 4) is 17.2 Å².